The van der Waals surface area contributed by atoms with E-state index in [2.05, 4.69) is 4.72 Å². The van der Waals surface area contributed by atoms with Crippen LogP contribution in [0.4, 0.5) is 18.9 Å². The van der Waals surface area contributed by atoms with E-state index in [0.717, 1.165) is 21.3 Å². The lowest BCUT2D eigenvalue weighted by molar-refractivity contribution is -0.137. The zero-order valence-corrected chi connectivity index (χ0v) is 15.4. The number of rotatable bonds is 3. The summed E-state index contributed by atoms with van der Waals surface area (Å²) in [5, 5.41) is 0. The lowest BCUT2D eigenvalue weighted by Gasteiger charge is -2.13. The molecule has 0 spiro atoms. The molecule has 28 heavy (non-hydrogen) atoms. The van der Waals surface area contributed by atoms with E-state index >= 15 is 0 Å². The largest absolute Gasteiger partial charge is 0.416 e. The molecule has 3 aromatic rings. The van der Waals surface area contributed by atoms with Crippen molar-refractivity contribution < 1.29 is 21.6 Å². The van der Waals surface area contributed by atoms with Crippen molar-refractivity contribution in [1.82, 2.24) is 9.13 Å². The third-order valence-electron chi connectivity index (χ3n) is 4.21. The molecule has 0 radical (unpaired) electrons. The van der Waals surface area contributed by atoms with Crippen molar-refractivity contribution in [3.63, 3.8) is 0 Å². The molecule has 0 saturated carbocycles. The normalized spacial score (nSPS) is 12.3. The number of sulfonamides is 1. The van der Waals surface area contributed by atoms with Crippen LogP contribution in [0.25, 0.3) is 11.0 Å². The number of hydrogen-bond acceptors (Lipinski definition) is 4. The molecule has 11 heteroatoms. The first-order valence-electron chi connectivity index (χ1n) is 7.82. The summed E-state index contributed by atoms with van der Waals surface area (Å²) in [7, 11) is -1.54. The van der Waals surface area contributed by atoms with Crippen molar-refractivity contribution in [3.05, 3.63) is 68.7 Å². The zero-order valence-electron chi connectivity index (χ0n) is 14.6. The average Bonchev–Trinajstić information content (AvgIpc) is 2.63. The van der Waals surface area contributed by atoms with Gasteiger partial charge in [-0.25, -0.2) is 8.42 Å². The molecule has 0 saturated heterocycles. The van der Waals surface area contributed by atoms with Crippen LogP contribution in [0.15, 0.2) is 56.9 Å². The molecule has 1 heterocycles. The van der Waals surface area contributed by atoms with Gasteiger partial charge in [-0.15, -0.1) is 0 Å². The Labute approximate surface area is 156 Å². The Morgan fingerprint density at radius 3 is 2.11 bits per heavy atom. The van der Waals surface area contributed by atoms with E-state index in [1.807, 2.05) is 0 Å². The second-order valence-corrected chi connectivity index (χ2v) is 7.75. The van der Waals surface area contributed by atoms with Crippen LogP contribution in [-0.4, -0.2) is 17.6 Å². The quantitative estimate of drug-likeness (QED) is 0.666. The van der Waals surface area contributed by atoms with Crippen molar-refractivity contribution >= 4 is 26.7 Å². The van der Waals surface area contributed by atoms with Crippen LogP contribution in [0.2, 0.25) is 0 Å². The van der Waals surface area contributed by atoms with Crippen LogP contribution in [-0.2, 0) is 30.3 Å². The highest BCUT2D eigenvalue weighted by atomic mass is 32.2. The molecule has 1 aromatic heterocycles. The number of benzene rings is 2. The third kappa shape index (κ3) is 3.40. The molecule has 0 unspecified atom stereocenters. The van der Waals surface area contributed by atoms with E-state index in [0.29, 0.717) is 11.6 Å². The van der Waals surface area contributed by atoms with Gasteiger partial charge in [-0.2, -0.15) is 13.2 Å². The Hall–Kier alpha value is -3.08. The summed E-state index contributed by atoms with van der Waals surface area (Å²) in [6.45, 7) is 0. The lowest BCUT2D eigenvalue weighted by Crippen LogP contribution is -2.39. The molecule has 1 N–H and O–H groups in total. The predicted octanol–water partition coefficient (Wildman–Crippen LogP) is 2.06. The van der Waals surface area contributed by atoms with E-state index in [-0.39, 0.29) is 16.1 Å². The molecule has 3 rings (SSSR count). The van der Waals surface area contributed by atoms with Crippen LogP contribution in [0.3, 0.4) is 0 Å². The molecule has 0 amide bonds. The number of alkyl halides is 3. The standard InChI is InChI=1S/C17H14F3N3O4S/c1-22-13-7-6-12(9-14(13)23(2)16(25)15(22)24)28(26,27)21-11-5-3-4-10(8-11)17(18,19)20/h3-9,21H,1-2H3. The van der Waals surface area contributed by atoms with Crippen LogP contribution in [0.1, 0.15) is 5.56 Å². The molecule has 0 aliphatic carbocycles. The maximum atomic E-state index is 12.8. The van der Waals surface area contributed by atoms with E-state index in [1.54, 1.807) is 0 Å². The summed E-state index contributed by atoms with van der Waals surface area (Å²) in [6.07, 6.45) is -4.62. The lowest BCUT2D eigenvalue weighted by atomic mass is 10.2. The van der Waals surface area contributed by atoms with Crippen molar-refractivity contribution in [2.24, 2.45) is 14.1 Å². The molecule has 0 fully saturated rings. The molecule has 0 aliphatic heterocycles. The maximum absolute atomic E-state index is 12.8. The second kappa shape index (κ2) is 6.51. The van der Waals surface area contributed by atoms with Crippen LogP contribution >= 0.6 is 0 Å². The highest BCUT2D eigenvalue weighted by molar-refractivity contribution is 7.92. The topological polar surface area (TPSA) is 90.2 Å². The second-order valence-electron chi connectivity index (χ2n) is 6.06. The van der Waals surface area contributed by atoms with Crippen LogP contribution < -0.4 is 15.8 Å². The van der Waals surface area contributed by atoms with E-state index in [4.69, 9.17) is 0 Å². The van der Waals surface area contributed by atoms with Gasteiger partial charge in [-0.3, -0.25) is 14.3 Å². The van der Waals surface area contributed by atoms with Crippen LogP contribution in [0.5, 0.6) is 0 Å². The molecule has 7 nitrogen and oxygen atoms in total. The van der Waals surface area contributed by atoms with Gasteiger partial charge in [0.2, 0.25) is 0 Å². The van der Waals surface area contributed by atoms with Gasteiger partial charge in [0.1, 0.15) is 0 Å². The minimum Gasteiger partial charge on any atom is -0.305 e. The minimum atomic E-state index is -4.62. The van der Waals surface area contributed by atoms with Crippen molar-refractivity contribution in [1.29, 1.82) is 0 Å². The smallest absolute Gasteiger partial charge is 0.305 e. The number of halogens is 3. The Balaban J connectivity index is 2.09. The van der Waals surface area contributed by atoms with Gasteiger partial charge in [-0.1, -0.05) is 6.07 Å². The molecule has 2 aromatic carbocycles. The molecular formula is C17H14F3N3O4S. The molecule has 148 valence electrons. The first kappa shape index (κ1) is 19.7. The van der Waals surface area contributed by atoms with Crippen LogP contribution in [0, 0.1) is 0 Å². The third-order valence-corrected chi connectivity index (χ3v) is 5.59. The minimum absolute atomic E-state index is 0.180. The molecule has 0 bridgehead atoms. The van der Waals surface area contributed by atoms with Crippen molar-refractivity contribution in [2.45, 2.75) is 11.1 Å². The summed E-state index contributed by atoms with van der Waals surface area (Å²) in [4.78, 5) is 23.5. The fourth-order valence-corrected chi connectivity index (χ4v) is 3.77. The van der Waals surface area contributed by atoms with E-state index in [9.17, 15) is 31.2 Å². The highest BCUT2D eigenvalue weighted by Crippen LogP contribution is 2.31. The Morgan fingerprint density at radius 1 is 0.893 bits per heavy atom. The maximum Gasteiger partial charge on any atom is 0.416 e. The molecular weight excluding hydrogens is 399 g/mol. The Bertz CT molecular complexity index is 1310. The average molecular weight is 413 g/mol. The first-order chi connectivity index (χ1) is 12.9. The van der Waals surface area contributed by atoms with Gasteiger partial charge in [0, 0.05) is 19.8 Å². The summed E-state index contributed by atoms with van der Waals surface area (Å²) in [5.74, 6) is 0. The van der Waals surface area contributed by atoms with E-state index in [1.165, 1.54) is 38.4 Å². The van der Waals surface area contributed by atoms with Gasteiger partial charge >= 0.3 is 17.3 Å². The number of aromatic nitrogens is 2. The number of nitrogens with one attached hydrogen (secondary N) is 1. The van der Waals surface area contributed by atoms with Gasteiger partial charge in [0.15, 0.2) is 0 Å². The Kier molecular flexibility index (Phi) is 4.58. The number of fused-ring (bicyclic) bond motifs is 1. The van der Waals surface area contributed by atoms with Gasteiger partial charge in [-0.05, 0) is 36.4 Å². The monoisotopic (exact) mass is 413 g/mol. The predicted molar refractivity (Wildman–Crippen MR) is 96.7 cm³/mol. The fraction of sp³-hybridized carbons (Fsp3) is 0.176. The number of anilines is 1. The zero-order chi connectivity index (χ0) is 20.9. The fourth-order valence-electron chi connectivity index (χ4n) is 2.70. The SMILES string of the molecule is Cn1c(=O)c(=O)n(C)c2cc(S(=O)(=O)Nc3cccc(C(F)(F)F)c3)ccc21. The van der Waals surface area contributed by atoms with E-state index < -0.39 is 32.9 Å². The summed E-state index contributed by atoms with van der Waals surface area (Å²) < 4.78 is 67.8. The van der Waals surface area contributed by atoms with Gasteiger partial charge in [0.05, 0.1) is 21.5 Å². The van der Waals surface area contributed by atoms with Crippen molar-refractivity contribution in [3.8, 4) is 0 Å². The van der Waals surface area contributed by atoms with Crippen molar-refractivity contribution in [2.75, 3.05) is 4.72 Å². The van der Waals surface area contributed by atoms with Gasteiger partial charge in [0.25, 0.3) is 10.0 Å². The number of hydrogen-bond donors (Lipinski definition) is 1. The molecule has 0 aliphatic rings. The Morgan fingerprint density at radius 2 is 1.50 bits per heavy atom. The number of nitrogens with zero attached hydrogens (tertiary/aromatic N) is 2. The number of aryl methyl sites for hydroxylation is 2. The summed E-state index contributed by atoms with van der Waals surface area (Å²) in [5.41, 5.74) is -2.36. The summed E-state index contributed by atoms with van der Waals surface area (Å²) >= 11 is 0. The highest BCUT2D eigenvalue weighted by Gasteiger charge is 2.30. The first-order valence-corrected chi connectivity index (χ1v) is 9.30. The summed E-state index contributed by atoms with van der Waals surface area (Å²) in [6, 6.07) is 7.49. The molecule has 0 atom stereocenters. The van der Waals surface area contributed by atoms with Gasteiger partial charge < -0.3 is 9.13 Å².